The number of nitrogens with two attached hydrogens (primary N) is 1. The fourth-order valence-corrected chi connectivity index (χ4v) is 2.36. The van der Waals surface area contributed by atoms with Gasteiger partial charge in [0, 0.05) is 23.9 Å². The zero-order valence-corrected chi connectivity index (χ0v) is 11.3. The van der Waals surface area contributed by atoms with Crippen molar-refractivity contribution in [1.82, 2.24) is 14.6 Å². The van der Waals surface area contributed by atoms with Crippen molar-refractivity contribution in [2.45, 2.75) is 6.54 Å². The summed E-state index contributed by atoms with van der Waals surface area (Å²) in [6.07, 6.45) is 3.06. The maximum atomic E-state index is 10.8. The van der Waals surface area contributed by atoms with Gasteiger partial charge < -0.3 is 10.6 Å². The van der Waals surface area contributed by atoms with Gasteiger partial charge in [-0.1, -0.05) is 0 Å². The monoisotopic (exact) mass is 294 g/mol. The summed E-state index contributed by atoms with van der Waals surface area (Å²) >= 11 is 0. The molecule has 0 atom stereocenters. The minimum atomic E-state index is -0.459. The van der Waals surface area contributed by atoms with Crippen LogP contribution in [0.4, 0.5) is 11.5 Å². The molecule has 8 nitrogen and oxygen atoms in total. The van der Waals surface area contributed by atoms with Crippen LogP contribution in [0.15, 0.2) is 36.8 Å². The lowest BCUT2D eigenvalue weighted by Crippen LogP contribution is -1.98. The van der Waals surface area contributed by atoms with Crippen molar-refractivity contribution in [3.63, 3.8) is 0 Å². The van der Waals surface area contributed by atoms with Crippen molar-refractivity contribution in [3.05, 3.63) is 63.9 Å². The van der Waals surface area contributed by atoms with E-state index in [1.807, 2.05) is 0 Å². The minimum absolute atomic E-state index is 0.00298. The van der Waals surface area contributed by atoms with E-state index in [9.17, 15) is 10.1 Å². The number of aromatic nitrogens is 3. The molecule has 1 aromatic carbocycles. The molecule has 2 heterocycles. The number of hydrogen-bond acceptors (Lipinski definition) is 5. The van der Waals surface area contributed by atoms with Gasteiger partial charge in [-0.15, -0.1) is 0 Å². The van der Waals surface area contributed by atoms with Gasteiger partial charge in [0.05, 0.1) is 10.5 Å². The number of fused-ring (bicyclic) bond motifs is 1. The Bertz CT molecular complexity index is 907. The number of anilines is 1. The van der Waals surface area contributed by atoms with Gasteiger partial charge in [-0.05, 0) is 17.7 Å². The van der Waals surface area contributed by atoms with Crippen LogP contribution < -0.4 is 5.73 Å². The average Bonchev–Trinajstić information content (AvgIpc) is 2.87. The van der Waals surface area contributed by atoms with Gasteiger partial charge in [0.1, 0.15) is 11.8 Å². The Morgan fingerprint density at radius 2 is 2.09 bits per heavy atom. The van der Waals surface area contributed by atoms with Crippen LogP contribution in [0.5, 0.6) is 0 Å². The normalized spacial score (nSPS) is 10.5. The van der Waals surface area contributed by atoms with Crippen LogP contribution in [-0.2, 0) is 6.54 Å². The molecular formula is C14H10N6O2. The number of nitrogens with zero attached hydrogens (tertiary/aromatic N) is 5. The fraction of sp³-hybridized carbons (Fsp3) is 0.0714. The third-order valence-electron chi connectivity index (χ3n) is 3.30. The molecule has 0 aliphatic heterocycles. The molecule has 0 fully saturated rings. The van der Waals surface area contributed by atoms with Crippen molar-refractivity contribution in [2.75, 3.05) is 5.73 Å². The summed E-state index contributed by atoms with van der Waals surface area (Å²) in [5.41, 5.74) is 8.72. The molecule has 3 aromatic rings. The second-order valence-electron chi connectivity index (χ2n) is 4.59. The zero-order valence-electron chi connectivity index (χ0n) is 11.3. The van der Waals surface area contributed by atoms with E-state index in [0.29, 0.717) is 11.3 Å². The first-order valence-corrected chi connectivity index (χ1v) is 6.30. The molecule has 108 valence electrons. The largest absolute Gasteiger partial charge is 0.382 e. The van der Waals surface area contributed by atoms with Crippen molar-refractivity contribution in [2.24, 2.45) is 0 Å². The first-order chi connectivity index (χ1) is 10.6. The summed E-state index contributed by atoms with van der Waals surface area (Å²) in [5, 5.41) is 14.8. The lowest BCUT2D eigenvalue weighted by Gasteiger charge is -2.03. The van der Waals surface area contributed by atoms with Gasteiger partial charge >= 0.3 is 0 Å². The third-order valence-corrected chi connectivity index (χ3v) is 3.30. The topological polar surface area (TPSA) is 104 Å². The number of hydrogen-bond donors (Lipinski definition) is 1. The Morgan fingerprint density at radius 3 is 2.73 bits per heavy atom. The molecule has 0 saturated carbocycles. The molecule has 3 rings (SSSR count). The van der Waals surface area contributed by atoms with Gasteiger partial charge in [0.2, 0.25) is 6.54 Å². The molecule has 0 amide bonds. The van der Waals surface area contributed by atoms with Crippen LogP contribution in [0.1, 0.15) is 5.56 Å². The van der Waals surface area contributed by atoms with E-state index in [2.05, 4.69) is 14.9 Å². The van der Waals surface area contributed by atoms with E-state index in [1.165, 1.54) is 18.5 Å². The van der Waals surface area contributed by atoms with Crippen LogP contribution in [0.25, 0.3) is 21.5 Å². The predicted molar refractivity (Wildman–Crippen MR) is 79.8 cm³/mol. The summed E-state index contributed by atoms with van der Waals surface area (Å²) in [6.45, 7) is 7.24. The molecule has 0 spiro atoms. The third kappa shape index (κ3) is 2.10. The van der Waals surface area contributed by atoms with Gasteiger partial charge in [-0.2, -0.15) is 5.10 Å². The highest BCUT2D eigenvalue weighted by Gasteiger charge is 2.18. The highest BCUT2D eigenvalue weighted by Crippen LogP contribution is 2.33. The smallest absolute Gasteiger partial charge is 0.269 e. The van der Waals surface area contributed by atoms with Gasteiger partial charge in [-0.25, -0.2) is 16.1 Å². The van der Waals surface area contributed by atoms with Crippen molar-refractivity contribution in [1.29, 1.82) is 0 Å². The number of nitrogen functional groups attached to an aromatic ring is 1. The molecule has 0 aliphatic carbocycles. The lowest BCUT2D eigenvalue weighted by molar-refractivity contribution is -0.384. The van der Waals surface area contributed by atoms with Gasteiger partial charge in [0.25, 0.3) is 5.69 Å². The van der Waals surface area contributed by atoms with Crippen LogP contribution in [0.3, 0.4) is 0 Å². The molecule has 8 heteroatoms. The predicted octanol–water partition coefficient (Wildman–Crippen LogP) is 2.31. The van der Waals surface area contributed by atoms with E-state index < -0.39 is 4.92 Å². The Balaban J connectivity index is 2.26. The summed E-state index contributed by atoms with van der Waals surface area (Å²) in [5.74, 6) is 0.291. The molecule has 2 N–H and O–H groups in total. The van der Waals surface area contributed by atoms with Crippen molar-refractivity contribution in [3.8, 4) is 11.1 Å². The lowest BCUT2D eigenvalue weighted by atomic mass is 10.0. The van der Waals surface area contributed by atoms with Gasteiger partial charge in [0.15, 0.2) is 5.82 Å². The second-order valence-corrected chi connectivity index (χ2v) is 4.59. The van der Waals surface area contributed by atoms with Crippen LogP contribution in [0, 0.1) is 16.7 Å². The Kier molecular flexibility index (Phi) is 3.16. The standard InChI is InChI=1S/C14H10N6O2/c1-16-6-10-7-19-13(14(15)17-8-18-19)12(10)9-2-4-11(5-3-9)20(21)22/h2-5,7-8H,6H2,(H2,15,17,18). The zero-order chi connectivity index (χ0) is 15.7. The Labute approximate surface area is 124 Å². The van der Waals surface area contributed by atoms with Crippen molar-refractivity contribution >= 4 is 17.0 Å². The van der Waals surface area contributed by atoms with E-state index in [-0.39, 0.29) is 12.2 Å². The van der Waals surface area contributed by atoms with E-state index >= 15 is 0 Å². The summed E-state index contributed by atoms with van der Waals surface area (Å²) in [7, 11) is 0. The van der Waals surface area contributed by atoms with Crippen molar-refractivity contribution < 1.29 is 4.92 Å². The molecule has 0 bridgehead atoms. The second kappa shape index (κ2) is 5.14. The summed E-state index contributed by atoms with van der Waals surface area (Å²) in [6, 6.07) is 6.10. The first kappa shape index (κ1) is 13.5. The SMILES string of the molecule is [C-]#[N+]Cc1cn2ncnc(N)c2c1-c1ccc([N+](=O)[O-])cc1. The number of nitro benzene ring substituents is 1. The van der Waals surface area contributed by atoms with E-state index in [4.69, 9.17) is 12.3 Å². The molecule has 2 aromatic heterocycles. The van der Waals surface area contributed by atoms with Gasteiger partial charge in [-0.3, -0.25) is 10.1 Å². The van der Waals surface area contributed by atoms with Crippen LogP contribution in [0.2, 0.25) is 0 Å². The molecular weight excluding hydrogens is 284 g/mol. The number of rotatable bonds is 3. The minimum Gasteiger partial charge on any atom is -0.382 e. The number of benzene rings is 1. The molecule has 0 radical (unpaired) electrons. The maximum absolute atomic E-state index is 10.8. The molecule has 22 heavy (non-hydrogen) atoms. The molecule has 0 saturated heterocycles. The summed E-state index contributed by atoms with van der Waals surface area (Å²) in [4.78, 5) is 17.7. The summed E-state index contributed by atoms with van der Waals surface area (Å²) < 4.78 is 1.57. The van der Waals surface area contributed by atoms with E-state index in [1.54, 1.807) is 22.8 Å². The highest BCUT2D eigenvalue weighted by atomic mass is 16.6. The van der Waals surface area contributed by atoms with Crippen LogP contribution in [-0.4, -0.2) is 19.5 Å². The number of non-ortho nitro benzene ring substituents is 1. The quantitative estimate of drug-likeness (QED) is 0.453. The highest BCUT2D eigenvalue weighted by molar-refractivity contribution is 5.90. The Hall–Kier alpha value is -3.47. The maximum Gasteiger partial charge on any atom is 0.269 e. The van der Waals surface area contributed by atoms with Crippen LogP contribution >= 0.6 is 0 Å². The Morgan fingerprint density at radius 1 is 1.36 bits per heavy atom. The molecule has 0 unspecified atom stereocenters. The average molecular weight is 294 g/mol. The number of nitro groups is 1. The van der Waals surface area contributed by atoms with E-state index in [0.717, 1.165) is 16.7 Å². The first-order valence-electron chi connectivity index (χ1n) is 6.30. The fourth-order valence-electron chi connectivity index (χ4n) is 2.36. The molecule has 0 aliphatic rings.